The number of hydrogen-bond donors (Lipinski definition) is 2. The van der Waals surface area contributed by atoms with Gasteiger partial charge in [0.1, 0.15) is 0 Å². The fourth-order valence-corrected chi connectivity index (χ4v) is 2.12. The number of anilines is 2. The molecule has 4 heteroatoms. The monoisotopic (exact) mass is 287 g/mol. The number of nitrogens with one attached hydrogen (secondary N) is 2. The Morgan fingerprint density at radius 2 is 1.90 bits per heavy atom. The van der Waals surface area contributed by atoms with E-state index in [4.69, 9.17) is 11.6 Å². The topological polar surface area (TPSA) is 36.4 Å². The molecule has 2 N–H and O–H groups in total. The van der Waals surface area contributed by atoms with E-state index in [9.17, 15) is 0 Å². The second-order valence-corrected chi connectivity index (χ2v) is 4.77. The highest BCUT2D eigenvalue weighted by molar-refractivity contribution is 6.31. The quantitative estimate of drug-likeness (QED) is 0.622. The molecule has 3 nitrogen and oxygen atoms in total. The average Bonchev–Trinajstić information content (AvgIpc) is 2.49. The Kier molecular flexibility index (Phi) is 5.02. The Bertz CT molecular complexity index is 594. The molecule has 0 spiro atoms. The summed E-state index contributed by atoms with van der Waals surface area (Å²) in [5.74, 6) is 0. The van der Waals surface area contributed by atoms with Gasteiger partial charge in [-0.05, 0) is 36.8 Å². The van der Waals surface area contributed by atoms with E-state index in [0.29, 0.717) is 5.02 Å². The molecule has 0 unspecified atom stereocenters. The van der Waals surface area contributed by atoms with Gasteiger partial charge >= 0.3 is 0 Å². The van der Waals surface area contributed by atoms with E-state index in [0.717, 1.165) is 29.1 Å². The summed E-state index contributed by atoms with van der Waals surface area (Å²) in [5, 5.41) is 8.38. The van der Waals surface area contributed by atoms with Crippen LogP contribution < -0.4 is 10.7 Å². The van der Waals surface area contributed by atoms with E-state index >= 15 is 0 Å². The van der Waals surface area contributed by atoms with Gasteiger partial charge in [-0.15, -0.1) is 0 Å². The third-order valence-electron chi connectivity index (χ3n) is 2.99. The second-order valence-electron chi connectivity index (χ2n) is 4.33. The maximum Gasteiger partial charge on any atom is 0.0697 e. The number of para-hydroxylation sites is 1. The van der Waals surface area contributed by atoms with Crippen molar-refractivity contribution in [3.05, 3.63) is 59.1 Å². The molecule has 20 heavy (non-hydrogen) atoms. The number of hydrogen-bond acceptors (Lipinski definition) is 3. The van der Waals surface area contributed by atoms with E-state index in [2.05, 4.69) is 22.8 Å². The molecule has 104 valence electrons. The lowest BCUT2D eigenvalue weighted by atomic mass is 10.1. The van der Waals surface area contributed by atoms with Crippen molar-refractivity contribution in [2.45, 2.75) is 13.3 Å². The number of hydrazone groups is 1. The molecule has 0 fully saturated rings. The highest BCUT2D eigenvalue weighted by Crippen LogP contribution is 2.22. The van der Waals surface area contributed by atoms with Crippen molar-refractivity contribution < 1.29 is 0 Å². The summed E-state index contributed by atoms with van der Waals surface area (Å²) in [6, 6.07) is 15.7. The Morgan fingerprint density at radius 3 is 2.55 bits per heavy atom. The predicted octanol–water partition coefficient (Wildman–Crippen LogP) is 4.61. The van der Waals surface area contributed by atoms with E-state index in [1.807, 2.05) is 55.6 Å². The van der Waals surface area contributed by atoms with E-state index in [-0.39, 0.29) is 0 Å². The molecule has 0 bridgehead atoms. The lowest BCUT2D eigenvalue weighted by Crippen LogP contribution is -2.06. The Labute approximate surface area is 124 Å². The van der Waals surface area contributed by atoms with Crippen LogP contribution in [0, 0.1) is 0 Å². The van der Waals surface area contributed by atoms with Gasteiger partial charge in [-0.1, -0.05) is 36.7 Å². The van der Waals surface area contributed by atoms with Crippen molar-refractivity contribution in [3.8, 4) is 0 Å². The summed E-state index contributed by atoms with van der Waals surface area (Å²) in [6.07, 6.45) is 0.814. The van der Waals surface area contributed by atoms with E-state index in [1.54, 1.807) is 0 Å². The third-order valence-corrected chi connectivity index (χ3v) is 3.23. The number of halogens is 1. The summed E-state index contributed by atoms with van der Waals surface area (Å²) >= 11 is 6.09. The molecule has 0 aliphatic heterocycles. The van der Waals surface area contributed by atoms with Crippen LogP contribution in [-0.2, 0) is 0 Å². The molecule has 0 atom stereocenters. The van der Waals surface area contributed by atoms with Gasteiger partial charge in [-0.2, -0.15) is 5.10 Å². The number of nitrogens with zero attached hydrogens (tertiary/aromatic N) is 1. The third kappa shape index (κ3) is 3.52. The van der Waals surface area contributed by atoms with Gasteiger partial charge in [0.25, 0.3) is 0 Å². The first-order valence-electron chi connectivity index (χ1n) is 6.60. The molecule has 0 amide bonds. The van der Waals surface area contributed by atoms with Crippen LogP contribution in [0.2, 0.25) is 5.02 Å². The molecule has 0 radical (unpaired) electrons. The van der Waals surface area contributed by atoms with E-state index < -0.39 is 0 Å². The minimum absolute atomic E-state index is 0.708. The normalized spacial score (nSPS) is 11.2. The van der Waals surface area contributed by atoms with Crippen LogP contribution >= 0.6 is 11.6 Å². The van der Waals surface area contributed by atoms with Crippen molar-refractivity contribution in [3.63, 3.8) is 0 Å². The SMILES string of the molecule is CC/C(=N/Nc1ccccc1)c1cc(Cl)ccc1NC. The van der Waals surface area contributed by atoms with Crippen LogP contribution in [0.1, 0.15) is 18.9 Å². The summed E-state index contributed by atoms with van der Waals surface area (Å²) in [4.78, 5) is 0. The fraction of sp³-hybridized carbons (Fsp3) is 0.188. The predicted molar refractivity (Wildman–Crippen MR) is 87.9 cm³/mol. The van der Waals surface area contributed by atoms with Crippen molar-refractivity contribution in [1.82, 2.24) is 0 Å². The molecular weight excluding hydrogens is 270 g/mol. The molecule has 0 heterocycles. The highest BCUT2D eigenvalue weighted by atomic mass is 35.5. The molecule has 0 saturated heterocycles. The van der Waals surface area contributed by atoms with Crippen LogP contribution in [0.3, 0.4) is 0 Å². The Balaban J connectivity index is 2.30. The molecule has 2 rings (SSSR count). The molecule has 0 aliphatic rings. The van der Waals surface area contributed by atoms with Gasteiger partial charge in [0.15, 0.2) is 0 Å². The van der Waals surface area contributed by atoms with Gasteiger partial charge < -0.3 is 5.32 Å². The zero-order valence-electron chi connectivity index (χ0n) is 11.7. The molecule has 0 aliphatic carbocycles. The standard InChI is InChI=1S/C16H18ClN3/c1-3-15(20-19-13-7-5-4-6-8-13)14-11-12(17)9-10-16(14)18-2/h4-11,18-19H,3H2,1-2H3/b20-15-. The lowest BCUT2D eigenvalue weighted by molar-refractivity contribution is 1.22. The molecule has 0 saturated carbocycles. The largest absolute Gasteiger partial charge is 0.388 e. The minimum atomic E-state index is 0.708. The van der Waals surface area contributed by atoms with Crippen molar-refractivity contribution in [1.29, 1.82) is 0 Å². The van der Waals surface area contributed by atoms with Crippen LogP contribution in [0.25, 0.3) is 0 Å². The highest BCUT2D eigenvalue weighted by Gasteiger charge is 2.08. The minimum Gasteiger partial charge on any atom is -0.388 e. The van der Waals surface area contributed by atoms with Gasteiger partial charge in [-0.25, -0.2) is 0 Å². The summed E-state index contributed by atoms with van der Waals surface area (Å²) < 4.78 is 0. The first kappa shape index (κ1) is 14.4. The van der Waals surface area contributed by atoms with Crippen molar-refractivity contribution >= 4 is 28.7 Å². The first-order chi connectivity index (χ1) is 9.74. The molecule has 2 aromatic rings. The van der Waals surface area contributed by atoms with Gasteiger partial charge in [0.05, 0.1) is 11.4 Å². The van der Waals surface area contributed by atoms with Crippen LogP contribution in [-0.4, -0.2) is 12.8 Å². The Hall–Kier alpha value is -2.00. The van der Waals surface area contributed by atoms with E-state index in [1.165, 1.54) is 0 Å². The summed E-state index contributed by atoms with van der Waals surface area (Å²) in [5.41, 5.74) is 7.04. The smallest absolute Gasteiger partial charge is 0.0697 e. The van der Waals surface area contributed by atoms with Crippen LogP contribution in [0.5, 0.6) is 0 Å². The zero-order chi connectivity index (χ0) is 14.4. The zero-order valence-corrected chi connectivity index (χ0v) is 12.4. The van der Waals surface area contributed by atoms with Crippen LogP contribution in [0.4, 0.5) is 11.4 Å². The molecular formula is C16H18ClN3. The lowest BCUT2D eigenvalue weighted by Gasteiger charge is -2.11. The van der Waals surface area contributed by atoms with Crippen molar-refractivity contribution in [2.24, 2.45) is 5.10 Å². The maximum atomic E-state index is 6.09. The maximum absolute atomic E-state index is 6.09. The van der Waals surface area contributed by atoms with Crippen molar-refractivity contribution in [2.75, 3.05) is 17.8 Å². The van der Waals surface area contributed by atoms with Gasteiger partial charge in [0.2, 0.25) is 0 Å². The number of benzene rings is 2. The molecule has 2 aromatic carbocycles. The summed E-state index contributed by atoms with van der Waals surface area (Å²) in [6.45, 7) is 2.08. The first-order valence-corrected chi connectivity index (χ1v) is 6.97. The summed E-state index contributed by atoms with van der Waals surface area (Å²) in [7, 11) is 1.89. The number of rotatable bonds is 5. The van der Waals surface area contributed by atoms with Gasteiger partial charge in [-0.3, -0.25) is 5.43 Å². The fourth-order valence-electron chi connectivity index (χ4n) is 1.95. The second kappa shape index (κ2) is 6.96. The average molecular weight is 288 g/mol. The molecule has 0 aromatic heterocycles. The Morgan fingerprint density at radius 1 is 1.15 bits per heavy atom. The van der Waals surface area contributed by atoms with Crippen LogP contribution in [0.15, 0.2) is 53.6 Å². The van der Waals surface area contributed by atoms with Gasteiger partial charge in [0, 0.05) is 23.3 Å².